The summed E-state index contributed by atoms with van der Waals surface area (Å²) in [6.07, 6.45) is 1.62. The van der Waals surface area contributed by atoms with E-state index < -0.39 is 0 Å². The van der Waals surface area contributed by atoms with Crippen LogP contribution in [0.5, 0.6) is 0 Å². The highest BCUT2D eigenvalue weighted by Gasteiger charge is 2.20. The van der Waals surface area contributed by atoms with Gasteiger partial charge in [-0.25, -0.2) is 0 Å². The first-order chi connectivity index (χ1) is 10.6. The molecule has 4 nitrogen and oxygen atoms in total. The standard InChI is InChI=1S/C18H16N2O2/c1-13(21)20-12-16(15-10-6-7-11-17(15)20)18(22)19(2)14-8-4-3-5-9-14/h3-12H,1-2H3. The van der Waals surface area contributed by atoms with Gasteiger partial charge in [0, 0.05) is 31.2 Å². The molecule has 0 bridgehead atoms. The highest BCUT2D eigenvalue weighted by molar-refractivity contribution is 6.15. The smallest absolute Gasteiger partial charge is 0.260 e. The summed E-state index contributed by atoms with van der Waals surface area (Å²) < 4.78 is 1.52. The number of carbonyl (C=O) groups excluding carboxylic acids is 2. The van der Waals surface area contributed by atoms with Gasteiger partial charge in [-0.2, -0.15) is 0 Å². The third-order valence-electron chi connectivity index (χ3n) is 3.73. The van der Waals surface area contributed by atoms with Crippen molar-refractivity contribution in [2.75, 3.05) is 11.9 Å². The lowest BCUT2D eigenvalue weighted by Gasteiger charge is -2.16. The van der Waals surface area contributed by atoms with Crippen LogP contribution in [0.2, 0.25) is 0 Å². The Hall–Kier alpha value is -2.88. The molecule has 0 atom stereocenters. The summed E-state index contributed by atoms with van der Waals surface area (Å²) in [6.45, 7) is 1.49. The Morgan fingerprint density at radius 2 is 1.59 bits per heavy atom. The van der Waals surface area contributed by atoms with Crippen LogP contribution < -0.4 is 4.90 Å². The van der Waals surface area contributed by atoms with Gasteiger partial charge < -0.3 is 4.90 Å². The fraction of sp³-hybridized carbons (Fsp3) is 0.111. The van der Waals surface area contributed by atoms with Gasteiger partial charge in [-0.3, -0.25) is 14.2 Å². The molecule has 3 aromatic rings. The fourth-order valence-electron chi connectivity index (χ4n) is 2.56. The normalized spacial score (nSPS) is 10.6. The van der Waals surface area contributed by atoms with Crippen LogP contribution in [-0.2, 0) is 0 Å². The molecule has 0 saturated heterocycles. The number of carbonyl (C=O) groups is 2. The van der Waals surface area contributed by atoms with Gasteiger partial charge in [0.2, 0.25) is 5.91 Å². The van der Waals surface area contributed by atoms with E-state index in [2.05, 4.69) is 0 Å². The summed E-state index contributed by atoms with van der Waals surface area (Å²) in [7, 11) is 1.73. The molecule has 0 radical (unpaired) electrons. The van der Waals surface area contributed by atoms with Gasteiger partial charge in [-0.05, 0) is 18.2 Å². The first kappa shape index (κ1) is 14.1. The number of hydrogen-bond acceptors (Lipinski definition) is 2. The first-order valence-electron chi connectivity index (χ1n) is 7.03. The van der Waals surface area contributed by atoms with Crippen molar-refractivity contribution in [3.63, 3.8) is 0 Å². The molecule has 2 aromatic carbocycles. The molecule has 0 spiro atoms. The fourth-order valence-corrected chi connectivity index (χ4v) is 2.56. The maximum atomic E-state index is 12.8. The Bertz CT molecular complexity index is 850. The summed E-state index contributed by atoms with van der Waals surface area (Å²) in [5.74, 6) is -0.250. The van der Waals surface area contributed by atoms with Gasteiger partial charge in [0.05, 0.1) is 11.1 Å². The first-order valence-corrected chi connectivity index (χ1v) is 7.03. The van der Waals surface area contributed by atoms with Crippen molar-refractivity contribution in [2.24, 2.45) is 0 Å². The van der Waals surface area contributed by atoms with Crippen LogP contribution >= 0.6 is 0 Å². The summed E-state index contributed by atoms with van der Waals surface area (Å²) in [4.78, 5) is 26.2. The molecule has 0 aliphatic carbocycles. The molecule has 110 valence electrons. The molecule has 4 heteroatoms. The average Bonchev–Trinajstić information content (AvgIpc) is 2.94. The molecule has 3 rings (SSSR count). The SMILES string of the molecule is CC(=O)n1cc(C(=O)N(C)c2ccccc2)c2ccccc21. The number of benzene rings is 2. The lowest BCUT2D eigenvalue weighted by Crippen LogP contribution is -2.26. The molecule has 1 amide bonds. The van der Waals surface area contributed by atoms with Crippen LogP contribution in [0, 0.1) is 0 Å². The number of aromatic nitrogens is 1. The maximum absolute atomic E-state index is 12.8. The van der Waals surface area contributed by atoms with Crippen molar-refractivity contribution in [3.8, 4) is 0 Å². The molecule has 0 aliphatic heterocycles. The molecular weight excluding hydrogens is 276 g/mol. The quantitative estimate of drug-likeness (QED) is 0.724. The number of fused-ring (bicyclic) bond motifs is 1. The Morgan fingerprint density at radius 1 is 0.955 bits per heavy atom. The van der Waals surface area contributed by atoms with E-state index in [1.807, 2.05) is 54.6 Å². The number of anilines is 1. The van der Waals surface area contributed by atoms with Crippen LogP contribution in [0.3, 0.4) is 0 Å². The third-order valence-corrected chi connectivity index (χ3v) is 3.73. The second-order valence-corrected chi connectivity index (χ2v) is 5.15. The van der Waals surface area contributed by atoms with Crippen LogP contribution in [0.15, 0.2) is 60.8 Å². The van der Waals surface area contributed by atoms with Crippen LogP contribution in [0.25, 0.3) is 10.9 Å². The lowest BCUT2D eigenvalue weighted by molar-refractivity contribution is 0.0941. The zero-order valence-corrected chi connectivity index (χ0v) is 12.5. The van der Waals surface area contributed by atoms with Crippen molar-refractivity contribution in [3.05, 3.63) is 66.4 Å². The van der Waals surface area contributed by atoms with Gasteiger partial charge in [0.15, 0.2) is 0 Å². The van der Waals surface area contributed by atoms with E-state index in [1.165, 1.54) is 11.5 Å². The summed E-state index contributed by atoms with van der Waals surface area (Å²) in [5, 5.41) is 0.783. The third kappa shape index (κ3) is 2.29. The minimum atomic E-state index is -0.137. The van der Waals surface area contributed by atoms with E-state index >= 15 is 0 Å². The molecule has 0 N–H and O–H groups in total. The van der Waals surface area contributed by atoms with Gasteiger partial charge in [-0.1, -0.05) is 36.4 Å². The molecule has 1 heterocycles. The van der Waals surface area contributed by atoms with Crippen molar-refractivity contribution in [1.82, 2.24) is 4.57 Å². The number of hydrogen-bond donors (Lipinski definition) is 0. The topological polar surface area (TPSA) is 42.3 Å². The molecule has 0 aliphatic rings. The Labute approximate surface area is 128 Å². The zero-order valence-electron chi connectivity index (χ0n) is 12.5. The number of amides is 1. The molecular formula is C18H16N2O2. The largest absolute Gasteiger partial charge is 0.311 e. The number of rotatable bonds is 2. The highest BCUT2D eigenvalue weighted by Crippen LogP contribution is 2.24. The minimum Gasteiger partial charge on any atom is -0.311 e. The van der Waals surface area contributed by atoms with Gasteiger partial charge in [-0.15, -0.1) is 0 Å². The van der Waals surface area contributed by atoms with Crippen molar-refractivity contribution >= 4 is 28.4 Å². The number of para-hydroxylation sites is 2. The molecule has 22 heavy (non-hydrogen) atoms. The molecule has 0 saturated carbocycles. The van der Waals surface area contributed by atoms with Crippen LogP contribution in [0.4, 0.5) is 5.69 Å². The average molecular weight is 292 g/mol. The van der Waals surface area contributed by atoms with E-state index in [1.54, 1.807) is 18.1 Å². The van der Waals surface area contributed by atoms with Crippen LogP contribution in [-0.4, -0.2) is 23.4 Å². The monoisotopic (exact) mass is 292 g/mol. The predicted molar refractivity (Wildman–Crippen MR) is 87.4 cm³/mol. The maximum Gasteiger partial charge on any atom is 0.260 e. The second kappa shape index (κ2) is 5.48. The van der Waals surface area contributed by atoms with E-state index in [0.717, 1.165) is 16.6 Å². The summed E-state index contributed by atoms with van der Waals surface area (Å²) >= 11 is 0. The van der Waals surface area contributed by atoms with Crippen LogP contribution in [0.1, 0.15) is 22.1 Å². The lowest BCUT2D eigenvalue weighted by atomic mass is 10.1. The van der Waals surface area contributed by atoms with Crippen molar-refractivity contribution < 1.29 is 9.59 Å². The van der Waals surface area contributed by atoms with Gasteiger partial charge >= 0.3 is 0 Å². The Morgan fingerprint density at radius 3 is 2.27 bits per heavy atom. The zero-order chi connectivity index (χ0) is 15.7. The molecule has 0 fully saturated rings. The van der Waals surface area contributed by atoms with Crippen molar-refractivity contribution in [2.45, 2.75) is 6.92 Å². The highest BCUT2D eigenvalue weighted by atomic mass is 16.2. The number of nitrogens with zero attached hydrogens (tertiary/aromatic N) is 2. The van der Waals surface area contributed by atoms with E-state index in [4.69, 9.17) is 0 Å². The Kier molecular flexibility index (Phi) is 3.51. The summed E-state index contributed by atoms with van der Waals surface area (Å²) in [6, 6.07) is 16.9. The molecule has 1 aromatic heterocycles. The van der Waals surface area contributed by atoms with Crippen molar-refractivity contribution in [1.29, 1.82) is 0 Å². The van der Waals surface area contributed by atoms with E-state index in [0.29, 0.717) is 5.56 Å². The van der Waals surface area contributed by atoms with E-state index in [-0.39, 0.29) is 11.8 Å². The molecule has 0 unspecified atom stereocenters. The Balaban J connectivity index is 2.10. The van der Waals surface area contributed by atoms with Gasteiger partial charge in [0.1, 0.15) is 0 Å². The predicted octanol–water partition coefficient (Wildman–Crippen LogP) is 3.58. The van der Waals surface area contributed by atoms with Gasteiger partial charge in [0.25, 0.3) is 5.91 Å². The summed E-state index contributed by atoms with van der Waals surface area (Å²) in [5.41, 5.74) is 2.09. The minimum absolute atomic E-state index is 0.113. The van der Waals surface area contributed by atoms with E-state index in [9.17, 15) is 9.59 Å². The second-order valence-electron chi connectivity index (χ2n) is 5.15.